The van der Waals surface area contributed by atoms with E-state index < -0.39 is 11.9 Å². The van der Waals surface area contributed by atoms with Crippen molar-refractivity contribution in [3.63, 3.8) is 0 Å². The number of hydrogen-bond acceptors (Lipinski definition) is 2. The van der Waals surface area contributed by atoms with Gasteiger partial charge in [0.15, 0.2) is 0 Å². The normalized spacial score (nSPS) is 30.1. The number of aliphatic carboxylic acids is 1. The second kappa shape index (κ2) is 5.67. The second-order valence-electron chi connectivity index (χ2n) is 5.83. The predicted octanol–water partition coefficient (Wildman–Crippen LogP) is 3.07. The standard InChI is InChI=1S/C15H17BrN2O3/c16-10-3-5-11(6-4-10)17-15(21)18-13-9-2-1-8(7-9)12(13)14(19)20/h3-6,8-9,12-13H,1-2,7H2,(H,19,20)(H2,17,18,21). The lowest BCUT2D eigenvalue weighted by Gasteiger charge is -2.28. The molecule has 5 nitrogen and oxygen atoms in total. The van der Waals surface area contributed by atoms with Gasteiger partial charge in [-0.3, -0.25) is 4.79 Å². The van der Waals surface area contributed by atoms with Crippen LogP contribution in [0.2, 0.25) is 0 Å². The van der Waals surface area contributed by atoms with Gasteiger partial charge in [0.2, 0.25) is 0 Å². The number of fused-ring (bicyclic) bond motifs is 2. The highest BCUT2D eigenvalue weighted by Crippen LogP contribution is 2.48. The number of urea groups is 1. The van der Waals surface area contributed by atoms with Gasteiger partial charge in [0, 0.05) is 16.2 Å². The molecule has 1 aromatic rings. The topological polar surface area (TPSA) is 78.4 Å². The number of carbonyl (C=O) groups is 2. The Morgan fingerprint density at radius 2 is 1.81 bits per heavy atom. The van der Waals surface area contributed by atoms with E-state index in [1.165, 1.54) is 0 Å². The van der Waals surface area contributed by atoms with Crippen LogP contribution in [-0.2, 0) is 4.79 Å². The van der Waals surface area contributed by atoms with Gasteiger partial charge in [-0.2, -0.15) is 0 Å². The number of amides is 2. The SMILES string of the molecule is O=C(Nc1ccc(Br)cc1)NC1C2CCC(C2)C1C(=O)O. The van der Waals surface area contributed by atoms with E-state index in [1.54, 1.807) is 12.1 Å². The molecule has 6 heteroatoms. The molecule has 2 saturated carbocycles. The van der Waals surface area contributed by atoms with Gasteiger partial charge in [0.05, 0.1) is 5.92 Å². The molecule has 4 atom stereocenters. The smallest absolute Gasteiger partial charge is 0.319 e. The monoisotopic (exact) mass is 352 g/mol. The molecule has 2 aliphatic rings. The number of hydrogen-bond donors (Lipinski definition) is 3. The van der Waals surface area contributed by atoms with Gasteiger partial charge in [-0.25, -0.2) is 4.79 Å². The summed E-state index contributed by atoms with van der Waals surface area (Å²) in [6.45, 7) is 0. The number of anilines is 1. The van der Waals surface area contributed by atoms with Crippen molar-refractivity contribution >= 4 is 33.6 Å². The van der Waals surface area contributed by atoms with Crippen LogP contribution in [0.25, 0.3) is 0 Å². The summed E-state index contributed by atoms with van der Waals surface area (Å²) in [5.74, 6) is -0.729. The number of carbonyl (C=O) groups excluding carboxylic acids is 1. The number of rotatable bonds is 3. The molecule has 2 fully saturated rings. The molecule has 0 radical (unpaired) electrons. The molecule has 1 aromatic carbocycles. The van der Waals surface area contributed by atoms with Gasteiger partial charge in [-0.05, 0) is 55.4 Å². The third-order valence-electron chi connectivity index (χ3n) is 4.60. The Morgan fingerprint density at radius 3 is 2.48 bits per heavy atom. The Balaban J connectivity index is 1.64. The first-order valence-electron chi connectivity index (χ1n) is 7.10. The molecular formula is C15H17BrN2O3. The van der Waals surface area contributed by atoms with Crippen molar-refractivity contribution in [2.24, 2.45) is 17.8 Å². The molecule has 4 unspecified atom stereocenters. The summed E-state index contributed by atoms with van der Waals surface area (Å²) in [6.07, 6.45) is 2.89. The van der Waals surface area contributed by atoms with Crippen LogP contribution in [0, 0.1) is 17.8 Å². The largest absolute Gasteiger partial charge is 0.481 e. The third-order valence-corrected chi connectivity index (χ3v) is 5.13. The fourth-order valence-electron chi connectivity index (χ4n) is 3.71. The quantitative estimate of drug-likeness (QED) is 0.782. The highest BCUT2D eigenvalue weighted by atomic mass is 79.9. The number of halogens is 1. The zero-order valence-corrected chi connectivity index (χ0v) is 13.0. The van der Waals surface area contributed by atoms with Crippen molar-refractivity contribution in [3.05, 3.63) is 28.7 Å². The van der Waals surface area contributed by atoms with Crippen molar-refractivity contribution in [2.45, 2.75) is 25.3 Å². The molecule has 0 saturated heterocycles. The van der Waals surface area contributed by atoms with Gasteiger partial charge < -0.3 is 15.7 Å². The maximum atomic E-state index is 12.1. The van der Waals surface area contributed by atoms with Crippen LogP contribution in [-0.4, -0.2) is 23.1 Å². The van der Waals surface area contributed by atoms with Crippen molar-refractivity contribution < 1.29 is 14.7 Å². The summed E-state index contributed by atoms with van der Waals surface area (Å²) in [5.41, 5.74) is 0.686. The maximum absolute atomic E-state index is 12.1. The summed E-state index contributed by atoms with van der Waals surface area (Å²) in [4.78, 5) is 23.5. The first-order chi connectivity index (χ1) is 10.0. The van der Waals surface area contributed by atoms with E-state index in [4.69, 9.17) is 0 Å². The van der Waals surface area contributed by atoms with E-state index in [0.717, 1.165) is 23.7 Å². The van der Waals surface area contributed by atoms with Crippen LogP contribution in [0.15, 0.2) is 28.7 Å². The van der Waals surface area contributed by atoms with Crippen molar-refractivity contribution in [3.8, 4) is 0 Å². The first-order valence-corrected chi connectivity index (χ1v) is 7.90. The Labute approximate surface area is 131 Å². The first kappa shape index (κ1) is 14.4. The molecule has 0 spiro atoms. The zero-order valence-electron chi connectivity index (χ0n) is 11.4. The summed E-state index contributed by atoms with van der Waals surface area (Å²) in [5, 5.41) is 15.0. The lowest BCUT2D eigenvalue weighted by molar-refractivity contribution is -0.144. The van der Waals surface area contributed by atoms with Crippen molar-refractivity contribution in [1.29, 1.82) is 0 Å². The van der Waals surface area contributed by atoms with E-state index in [1.807, 2.05) is 12.1 Å². The average Bonchev–Trinajstić information content (AvgIpc) is 3.02. The van der Waals surface area contributed by atoms with Crippen LogP contribution in [0.3, 0.4) is 0 Å². The molecule has 2 bridgehead atoms. The Morgan fingerprint density at radius 1 is 1.14 bits per heavy atom. The summed E-state index contributed by atoms with van der Waals surface area (Å²) >= 11 is 3.33. The average molecular weight is 353 g/mol. The van der Waals surface area contributed by atoms with E-state index in [-0.39, 0.29) is 18.0 Å². The summed E-state index contributed by atoms with van der Waals surface area (Å²) in [6, 6.07) is 6.68. The van der Waals surface area contributed by atoms with Gasteiger partial charge >= 0.3 is 12.0 Å². The number of carboxylic acid groups (broad SMARTS) is 1. The predicted molar refractivity (Wildman–Crippen MR) is 82.0 cm³/mol. The van der Waals surface area contributed by atoms with Crippen LogP contribution in [0.5, 0.6) is 0 Å². The van der Waals surface area contributed by atoms with Crippen molar-refractivity contribution in [2.75, 3.05) is 5.32 Å². The van der Waals surface area contributed by atoms with Crippen LogP contribution in [0.1, 0.15) is 19.3 Å². The minimum atomic E-state index is -0.795. The van der Waals surface area contributed by atoms with Crippen LogP contribution < -0.4 is 10.6 Å². The van der Waals surface area contributed by atoms with Gasteiger partial charge in [-0.15, -0.1) is 0 Å². The number of carboxylic acids is 1. The molecule has 3 rings (SSSR count). The van der Waals surface area contributed by atoms with Gasteiger partial charge in [-0.1, -0.05) is 15.9 Å². The lowest BCUT2D eigenvalue weighted by atomic mass is 9.84. The van der Waals surface area contributed by atoms with Gasteiger partial charge in [0.1, 0.15) is 0 Å². The lowest BCUT2D eigenvalue weighted by Crippen LogP contribution is -2.48. The molecule has 2 amide bonds. The Bertz CT molecular complexity index is 561. The molecule has 0 heterocycles. The molecule has 3 N–H and O–H groups in total. The van der Waals surface area contributed by atoms with Crippen molar-refractivity contribution in [1.82, 2.24) is 5.32 Å². The van der Waals surface area contributed by atoms with Crippen LogP contribution >= 0.6 is 15.9 Å². The summed E-state index contributed by atoms with van der Waals surface area (Å²) < 4.78 is 0.938. The van der Waals surface area contributed by atoms with Gasteiger partial charge in [0.25, 0.3) is 0 Å². The fourth-order valence-corrected chi connectivity index (χ4v) is 3.97. The third kappa shape index (κ3) is 2.90. The zero-order chi connectivity index (χ0) is 15.0. The fraction of sp³-hybridized carbons (Fsp3) is 0.467. The molecule has 2 aliphatic carbocycles. The molecule has 21 heavy (non-hydrogen) atoms. The molecular weight excluding hydrogens is 336 g/mol. The number of nitrogens with one attached hydrogen (secondary N) is 2. The Hall–Kier alpha value is -1.56. The minimum absolute atomic E-state index is 0.213. The molecule has 0 aliphatic heterocycles. The highest BCUT2D eigenvalue weighted by molar-refractivity contribution is 9.10. The van der Waals surface area contributed by atoms with E-state index in [9.17, 15) is 14.7 Å². The minimum Gasteiger partial charge on any atom is -0.481 e. The van der Waals surface area contributed by atoms with Crippen LogP contribution in [0.4, 0.5) is 10.5 Å². The van der Waals surface area contributed by atoms with E-state index >= 15 is 0 Å². The number of benzene rings is 1. The summed E-state index contributed by atoms with van der Waals surface area (Å²) in [7, 11) is 0. The molecule has 112 valence electrons. The Kier molecular flexibility index (Phi) is 3.89. The molecule has 0 aromatic heterocycles. The maximum Gasteiger partial charge on any atom is 0.319 e. The van der Waals surface area contributed by atoms with E-state index in [2.05, 4.69) is 26.6 Å². The second-order valence-corrected chi connectivity index (χ2v) is 6.74. The van der Waals surface area contributed by atoms with E-state index in [0.29, 0.717) is 11.6 Å². The highest BCUT2D eigenvalue weighted by Gasteiger charge is 2.51.